The zero-order chi connectivity index (χ0) is 22.3. The van der Waals surface area contributed by atoms with Crippen LogP contribution in [-0.4, -0.2) is 32.2 Å². The van der Waals surface area contributed by atoms with Gasteiger partial charge < -0.3 is 15.7 Å². The second-order valence-corrected chi connectivity index (χ2v) is 8.56. The first-order chi connectivity index (χ1) is 13.8. The summed E-state index contributed by atoms with van der Waals surface area (Å²) >= 11 is 0. The van der Waals surface area contributed by atoms with Crippen LogP contribution in [0.4, 0.5) is 29.3 Å². The topological polar surface area (TPSA) is 83.0 Å². The third-order valence-electron chi connectivity index (χ3n) is 5.51. The summed E-state index contributed by atoms with van der Waals surface area (Å²) in [5.41, 5.74) is -2.47. The third kappa shape index (κ3) is 4.48. The van der Waals surface area contributed by atoms with Gasteiger partial charge in [-0.3, -0.25) is 4.98 Å². The first-order valence-corrected chi connectivity index (χ1v) is 9.56. The van der Waals surface area contributed by atoms with Crippen molar-refractivity contribution in [1.29, 1.82) is 0 Å². The van der Waals surface area contributed by atoms with Gasteiger partial charge in [0.15, 0.2) is 0 Å². The fourth-order valence-corrected chi connectivity index (χ4v) is 3.39. The molecular weight excluding hydrogens is 402 g/mol. The van der Waals surface area contributed by atoms with E-state index in [1.807, 2.05) is 0 Å². The van der Waals surface area contributed by atoms with Gasteiger partial charge in [0.2, 0.25) is 5.95 Å². The lowest BCUT2D eigenvalue weighted by Crippen LogP contribution is -2.57. The Bertz CT molecular complexity index is 911. The zero-order valence-corrected chi connectivity index (χ0v) is 17.2. The summed E-state index contributed by atoms with van der Waals surface area (Å²) < 4.78 is 54.6. The van der Waals surface area contributed by atoms with Crippen LogP contribution in [0.1, 0.15) is 50.9 Å². The largest absolute Gasteiger partial charge is 0.421 e. The van der Waals surface area contributed by atoms with Gasteiger partial charge in [-0.25, -0.2) is 9.37 Å². The van der Waals surface area contributed by atoms with Crippen LogP contribution in [0.2, 0.25) is 0 Å². The van der Waals surface area contributed by atoms with Crippen molar-refractivity contribution < 1.29 is 22.7 Å². The monoisotopic (exact) mass is 427 g/mol. The van der Waals surface area contributed by atoms with E-state index in [1.165, 1.54) is 20.0 Å². The van der Waals surface area contributed by atoms with E-state index in [0.29, 0.717) is 18.2 Å². The second-order valence-electron chi connectivity index (χ2n) is 8.56. The summed E-state index contributed by atoms with van der Waals surface area (Å²) in [7, 11) is 0. The smallest absolute Gasteiger partial charge is 0.392 e. The molecule has 0 unspecified atom stereocenters. The highest BCUT2D eigenvalue weighted by atomic mass is 19.4. The molecular formula is C20H25F4N5O. The maximum absolute atomic E-state index is 14.4. The lowest BCUT2D eigenvalue weighted by atomic mass is 9.64. The highest BCUT2D eigenvalue weighted by Crippen LogP contribution is 2.43. The number of aliphatic hydroxyl groups excluding tert-OH is 1. The number of nitrogens with one attached hydrogen (secondary N) is 2. The molecule has 2 aromatic heterocycles. The van der Waals surface area contributed by atoms with Crippen LogP contribution >= 0.6 is 0 Å². The Morgan fingerprint density at radius 3 is 2.47 bits per heavy atom. The van der Waals surface area contributed by atoms with Gasteiger partial charge in [-0.2, -0.15) is 18.2 Å². The number of hydrogen-bond donors (Lipinski definition) is 3. The molecule has 3 N–H and O–H groups in total. The highest BCUT2D eigenvalue weighted by Gasteiger charge is 2.48. The van der Waals surface area contributed by atoms with E-state index in [2.05, 4.69) is 25.6 Å². The average molecular weight is 427 g/mol. The Labute approximate surface area is 172 Å². The molecule has 1 fully saturated rings. The third-order valence-corrected chi connectivity index (χ3v) is 5.51. The van der Waals surface area contributed by atoms with Gasteiger partial charge in [0, 0.05) is 30.4 Å². The van der Waals surface area contributed by atoms with Gasteiger partial charge in [0.1, 0.15) is 17.1 Å². The molecule has 1 saturated carbocycles. The number of nitrogens with zero attached hydrogens (tertiary/aromatic N) is 3. The molecule has 0 amide bonds. The minimum atomic E-state index is -4.64. The van der Waals surface area contributed by atoms with Gasteiger partial charge in [-0.15, -0.1) is 0 Å². The van der Waals surface area contributed by atoms with E-state index in [0.717, 1.165) is 0 Å². The minimum absolute atomic E-state index is 0.0327. The number of alkyl halides is 4. The van der Waals surface area contributed by atoms with Crippen LogP contribution in [0.5, 0.6) is 0 Å². The number of pyridine rings is 1. The number of anilines is 2. The van der Waals surface area contributed by atoms with Crippen LogP contribution in [0.15, 0.2) is 24.5 Å². The van der Waals surface area contributed by atoms with Crippen molar-refractivity contribution in [2.75, 3.05) is 10.6 Å². The van der Waals surface area contributed by atoms with Gasteiger partial charge in [-0.1, -0.05) is 19.9 Å². The van der Waals surface area contributed by atoms with E-state index in [4.69, 9.17) is 0 Å². The zero-order valence-electron chi connectivity index (χ0n) is 17.2. The predicted molar refractivity (Wildman–Crippen MR) is 105 cm³/mol. The SMILES string of the molecule is CC(C)(F)c1ncccc1CNc1ncc(C(F)(F)F)c(N[C@@H]2C[C@H](O)C2(C)C)n1. The van der Waals surface area contributed by atoms with Gasteiger partial charge in [-0.05, 0) is 31.9 Å². The fourth-order valence-electron chi connectivity index (χ4n) is 3.39. The Hall–Kier alpha value is -2.49. The van der Waals surface area contributed by atoms with Crippen LogP contribution in [0, 0.1) is 5.41 Å². The number of aromatic nitrogens is 3. The van der Waals surface area contributed by atoms with Crippen molar-refractivity contribution in [3.05, 3.63) is 41.3 Å². The summed E-state index contributed by atoms with van der Waals surface area (Å²) in [6.45, 7) is 6.40. The normalized spacial score (nSPS) is 21.1. The summed E-state index contributed by atoms with van der Waals surface area (Å²) in [6.07, 6.45) is -2.73. The van der Waals surface area contributed by atoms with E-state index < -0.39 is 28.9 Å². The van der Waals surface area contributed by atoms with Crippen molar-refractivity contribution in [3.8, 4) is 0 Å². The summed E-state index contributed by atoms with van der Waals surface area (Å²) in [5.74, 6) is -0.392. The molecule has 164 valence electrons. The lowest BCUT2D eigenvalue weighted by Gasteiger charge is -2.49. The molecule has 0 spiro atoms. The molecule has 0 aromatic carbocycles. The van der Waals surface area contributed by atoms with Gasteiger partial charge in [0.05, 0.1) is 11.8 Å². The van der Waals surface area contributed by atoms with Crippen LogP contribution in [0.3, 0.4) is 0 Å². The summed E-state index contributed by atoms with van der Waals surface area (Å²) in [4.78, 5) is 11.8. The van der Waals surface area contributed by atoms with Crippen molar-refractivity contribution >= 4 is 11.8 Å². The van der Waals surface area contributed by atoms with Crippen LogP contribution in [-0.2, 0) is 18.4 Å². The standard InChI is InChI=1S/C20H25F4N5O/c1-18(2)13(8-14(18)30)28-16-12(20(22,23)24)10-27-17(29-16)26-9-11-6-5-7-25-15(11)19(3,4)21/h5-7,10,13-14,30H,8-9H2,1-4H3,(H2,26,27,28,29)/t13-,14+/m1/s1. The molecule has 2 atom stereocenters. The quantitative estimate of drug-likeness (QED) is 0.597. The molecule has 30 heavy (non-hydrogen) atoms. The first kappa shape index (κ1) is 22.2. The predicted octanol–water partition coefficient (Wildman–Crippen LogP) is 4.28. The number of aliphatic hydroxyl groups is 1. The van der Waals surface area contributed by atoms with E-state index >= 15 is 0 Å². The molecule has 0 bridgehead atoms. The highest BCUT2D eigenvalue weighted by molar-refractivity contribution is 5.50. The van der Waals surface area contributed by atoms with Crippen molar-refractivity contribution in [2.45, 2.75) is 64.7 Å². The van der Waals surface area contributed by atoms with Crippen molar-refractivity contribution in [3.63, 3.8) is 0 Å². The van der Waals surface area contributed by atoms with Crippen LogP contribution < -0.4 is 10.6 Å². The lowest BCUT2D eigenvalue weighted by molar-refractivity contribution is -0.137. The van der Waals surface area contributed by atoms with Gasteiger partial charge >= 0.3 is 6.18 Å². The molecule has 10 heteroatoms. The molecule has 3 rings (SSSR count). The van der Waals surface area contributed by atoms with E-state index in [1.54, 1.807) is 26.0 Å². The molecule has 0 aliphatic heterocycles. The summed E-state index contributed by atoms with van der Waals surface area (Å²) in [5, 5.41) is 15.5. The molecule has 1 aliphatic carbocycles. The first-order valence-electron chi connectivity index (χ1n) is 9.56. The second kappa shape index (κ2) is 7.64. The number of rotatable bonds is 6. The molecule has 6 nitrogen and oxygen atoms in total. The molecule has 0 radical (unpaired) electrons. The molecule has 0 saturated heterocycles. The van der Waals surface area contributed by atoms with E-state index in [-0.39, 0.29) is 30.0 Å². The van der Waals surface area contributed by atoms with Gasteiger partial charge in [0.25, 0.3) is 0 Å². The van der Waals surface area contributed by atoms with Crippen molar-refractivity contribution in [2.24, 2.45) is 5.41 Å². The molecule has 2 aromatic rings. The molecule has 2 heterocycles. The average Bonchev–Trinajstić information content (AvgIpc) is 2.65. The van der Waals surface area contributed by atoms with Crippen LogP contribution in [0.25, 0.3) is 0 Å². The maximum atomic E-state index is 14.4. The van der Waals surface area contributed by atoms with Crippen molar-refractivity contribution in [1.82, 2.24) is 15.0 Å². The Morgan fingerprint density at radius 2 is 1.90 bits per heavy atom. The summed E-state index contributed by atoms with van der Waals surface area (Å²) in [6, 6.07) is 2.96. The van der Waals surface area contributed by atoms with E-state index in [9.17, 15) is 22.7 Å². The minimum Gasteiger partial charge on any atom is -0.392 e. The maximum Gasteiger partial charge on any atom is 0.421 e. The Morgan fingerprint density at radius 1 is 1.20 bits per heavy atom. The fraction of sp³-hybridized carbons (Fsp3) is 0.550. The molecule has 1 aliphatic rings. The Kier molecular flexibility index (Phi) is 5.66. The number of hydrogen-bond acceptors (Lipinski definition) is 6. The Balaban J connectivity index is 1.84. The number of halogens is 4.